The van der Waals surface area contributed by atoms with E-state index in [0.717, 1.165) is 5.56 Å². The molecule has 0 aromatic carbocycles. The van der Waals surface area contributed by atoms with Crippen molar-refractivity contribution in [1.29, 1.82) is 5.26 Å². The first-order chi connectivity index (χ1) is 9.05. The molecule has 98 valence electrons. The summed E-state index contributed by atoms with van der Waals surface area (Å²) < 4.78 is 26.0. The first kappa shape index (κ1) is 13.7. The van der Waals surface area contributed by atoms with Gasteiger partial charge in [-0.05, 0) is 34.5 Å². The number of thiophene rings is 1. The molecular weight excluding hydrogens is 282 g/mol. The van der Waals surface area contributed by atoms with Crippen LogP contribution in [0.3, 0.4) is 0 Å². The van der Waals surface area contributed by atoms with Gasteiger partial charge < -0.3 is 0 Å². The van der Waals surface area contributed by atoms with E-state index in [1.165, 1.54) is 41.0 Å². The molecule has 2 heterocycles. The first-order valence-electron chi connectivity index (χ1n) is 5.38. The summed E-state index contributed by atoms with van der Waals surface area (Å²) in [6, 6.07) is 6.57. The van der Waals surface area contributed by atoms with Crippen LogP contribution in [0, 0.1) is 11.3 Å². The number of nitriles is 1. The summed E-state index contributed by atoms with van der Waals surface area (Å²) in [6.45, 7) is 0.269. The Morgan fingerprint density at radius 3 is 2.89 bits per heavy atom. The summed E-state index contributed by atoms with van der Waals surface area (Å²) in [5, 5.41) is 12.7. The van der Waals surface area contributed by atoms with Gasteiger partial charge in [-0.1, -0.05) is 0 Å². The molecule has 19 heavy (non-hydrogen) atoms. The predicted molar refractivity (Wildman–Crippen MR) is 71.9 cm³/mol. The molecule has 0 spiro atoms. The van der Waals surface area contributed by atoms with Crippen molar-refractivity contribution < 1.29 is 8.42 Å². The number of pyridine rings is 1. The molecule has 0 aliphatic carbocycles. The topological polar surface area (TPSA) is 74.1 Å². The Morgan fingerprint density at radius 2 is 2.26 bits per heavy atom. The largest absolute Gasteiger partial charge is 0.246 e. The van der Waals surface area contributed by atoms with E-state index in [0.29, 0.717) is 0 Å². The highest BCUT2D eigenvalue weighted by atomic mass is 32.2. The number of nitrogens with zero attached hydrogens (tertiary/aromatic N) is 3. The lowest BCUT2D eigenvalue weighted by Crippen LogP contribution is -2.27. The summed E-state index contributed by atoms with van der Waals surface area (Å²) in [4.78, 5) is 3.72. The van der Waals surface area contributed by atoms with Gasteiger partial charge in [0.05, 0.1) is 0 Å². The normalized spacial score (nSPS) is 11.4. The van der Waals surface area contributed by atoms with Crippen molar-refractivity contribution >= 4 is 21.4 Å². The van der Waals surface area contributed by atoms with Crippen molar-refractivity contribution in [2.45, 2.75) is 11.4 Å². The zero-order valence-corrected chi connectivity index (χ0v) is 11.8. The Labute approximate surface area is 115 Å². The van der Waals surface area contributed by atoms with Crippen LogP contribution in [0.15, 0.2) is 40.1 Å². The third-order valence-corrected chi connectivity index (χ3v) is 5.12. The van der Waals surface area contributed by atoms with Gasteiger partial charge >= 0.3 is 0 Å². The van der Waals surface area contributed by atoms with Crippen molar-refractivity contribution in [2.75, 3.05) is 7.05 Å². The first-order valence-corrected chi connectivity index (χ1v) is 7.76. The van der Waals surface area contributed by atoms with Crippen LogP contribution in [0.5, 0.6) is 0 Å². The van der Waals surface area contributed by atoms with Gasteiger partial charge in [0.2, 0.25) is 10.0 Å². The van der Waals surface area contributed by atoms with Gasteiger partial charge in [-0.25, -0.2) is 13.4 Å². The second-order valence-corrected chi connectivity index (χ2v) is 6.65. The maximum absolute atomic E-state index is 12.4. The zero-order chi connectivity index (χ0) is 13.9. The molecule has 0 amide bonds. The molecule has 2 aromatic heterocycles. The third kappa shape index (κ3) is 2.81. The van der Waals surface area contributed by atoms with E-state index in [1.54, 1.807) is 6.07 Å². The van der Waals surface area contributed by atoms with Crippen LogP contribution < -0.4 is 0 Å². The molecule has 0 saturated carbocycles. The van der Waals surface area contributed by atoms with Gasteiger partial charge in [0.25, 0.3) is 0 Å². The minimum absolute atomic E-state index is 0.0600. The molecule has 0 aliphatic rings. The summed E-state index contributed by atoms with van der Waals surface area (Å²) in [6.07, 6.45) is 1.40. The maximum atomic E-state index is 12.4. The van der Waals surface area contributed by atoms with E-state index >= 15 is 0 Å². The number of sulfonamides is 1. The molecule has 0 aliphatic heterocycles. The monoisotopic (exact) mass is 293 g/mol. The van der Waals surface area contributed by atoms with Crippen molar-refractivity contribution in [1.82, 2.24) is 9.29 Å². The molecule has 5 nitrogen and oxygen atoms in total. The lowest BCUT2D eigenvalue weighted by Gasteiger charge is -2.16. The van der Waals surface area contributed by atoms with E-state index in [2.05, 4.69) is 4.98 Å². The summed E-state index contributed by atoms with van der Waals surface area (Å²) in [5.41, 5.74) is 0.832. The van der Waals surface area contributed by atoms with Crippen LogP contribution in [-0.4, -0.2) is 24.8 Å². The van der Waals surface area contributed by atoms with Crippen LogP contribution in [0.25, 0.3) is 0 Å². The fourth-order valence-corrected chi connectivity index (χ4v) is 3.48. The molecule has 0 N–H and O–H groups in total. The van der Waals surface area contributed by atoms with Crippen LogP contribution in [0.4, 0.5) is 0 Å². The Kier molecular flexibility index (Phi) is 3.95. The van der Waals surface area contributed by atoms with Gasteiger partial charge in [-0.3, -0.25) is 0 Å². The van der Waals surface area contributed by atoms with Crippen LogP contribution in [0.1, 0.15) is 11.3 Å². The minimum atomic E-state index is -3.70. The molecule has 0 saturated heterocycles. The van der Waals surface area contributed by atoms with Gasteiger partial charge in [-0.2, -0.15) is 20.9 Å². The van der Waals surface area contributed by atoms with E-state index in [-0.39, 0.29) is 17.1 Å². The zero-order valence-electron chi connectivity index (χ0n) is 10.1. The molecule has 0 radical (unpaired) electrons. The fourth-order valence-electron chi connectivity index (χ4n) is 1.58. The van der Waals surface area contributed by atoms with Gasteiger partial charge in [0, 0.05) is 19.8 Å². The van der Waals surface area contributed by atoms with E-state index < -0.39 is 10.0 Å². The minimum Gasteiger partial charge on any atom is -0.244 e. The summed E-state index contributed by atoms with van der Waals surface area (Å²) >= 11 is 1.51. The highest BCUT2D eigenvalue weighted by Gasteiger charge is 2.24. The Bertz CT molecular complexity index is 703. The highest BCUT2D eigenvalue weighted by molar-refractivity contribution is 7.89. The average Bonchev–Trinajstić information content (AvgIpc) is 2.91. The lowest BCUT2D eigenvalue weighted by molar-refractivity contribution is 0.466. The Morgan fingerprint density at radius 1 is 1.47 bits per heavy atom. The quantitative estimate of drug-likeness (QED) is 0.862. The molecule has 2 rings (SSSR count). The number of hydrogen-bond acceptors (Lipinski definition) is 5. The average molecular weight is 293 g/mol. The van der Waals surface area contributed by atoms with Crippen LogP contribution in [-0.2, 0) is 16.6 Å². The Hall–Kier alpha value is -1.75. The number of rotatable bonds is 4. The van der Waals surface area contributed by atoms with Crippen molar-refractivity contribution in [3.05, 3.63) is 46.4 Å². The SMILES string of the molecule is CN(Cc1ccsc1)S(=O)(=O)c1cccnc1C#N. The van der Waals surface area contributed by atoms with Gasteiger partial charge in [-0.15, -0.1) is 0 Å². The number of hydrogen-bond donors (Lipinski definition) is 0. The van der Waals surface area contributed by atoms with Crippen LogP contribution in [0.2, 0.25) is 0 Å². The fraction of sp³-hybridized carbons (Fsp3) is 0.167. The van der Waals surface area contributed by atoms with E-state index in [1.807, 2.05) is 16.8 Å². The van der Waals surface area contributed by atoms with E-state index in [9.17, 15) is 8.42 Å². The van der Waals surface area contributed by atoms with Crippen molar-refractivity contribution in [3.63, 3.8) is 0 Å². The van der Waals surface area contributed by atoms with Gasteiger partial charge in [0.15, 0.2) is 5.69 Å². The molecular formula is C12H11N3O2S2. The second-order valence-electron chi connectivity index (χ2n) is 3.85. The van der Waals surface area contributed by atoms with Crippen molar-refractivity contribution in [3.8, 4) is 6.07 Å². The molecule has 0 fully saturated rings. The number of aromatic nitrogens is 1. The molecule has 0 bridgehead atoms. The third-order valence-electron chi connectivity index (χ3n) is 2.55. The predicted octanol–water partition coefficient (Wildman–Crippen LogP) is 1.84. The lowest BCUT2D eigenvalue weighted by atomic mass is 10.3. The summed E-state index contributed by atoms with van der Waals surface area (Å²) in [7, 11) is -2.22. The standard InChI is InChI=1S/C12H11N3O2S2/c1-15(8-10-4-6-18-9-10)19(16,17)12-3-2-5-14-11(12)7-13/h2-6,9H,8H2,1H3. The molecule has 0 atom stereocenters. The van der Waals surface area contributed by atoms with E-state index in [4.69, 9.17) is 5.26 Å². The smallest absolute Gasteiger partial charge is 0.244 e. The highest BCUT2D eigenvalue weighted by Crippen LogP contribution is 2.19. The maximum Gasteiger partial charge on any atom is 0.246 e. The van der Waals surface area contributed by atoms with Crippen LogP contribution >= 0.6 is 11.3 Å². The van der Waals surface area contributed by atoms with Crippen molar-refractivity contribution in [2.24, 2.45) is 0 Å². The second kappa shape index (κ2) is 5.48. The Balaban J connectivity index is 2.34. The summed E-state index contributed by atoms with van der Waals surface area (Å²) in [5.74, 6) is 0. The van der Waals surface area contributed by atoms with Gasteiger partial charge in [0.1, 0.15) is 11.0 Å². The molecule has 2 aromatic rings. The molecule has 7 heteroatoms. The molecule has 0 unspecified atom stereocenters.